The van der Waals surface area contributed by atoms with E-state index in [4.69, 9.17) is 13.7 Å². The minimum atomic E-state index is -0.339. The molecule has 2 aromatic heterocycles. The van der Waals surface area contributed by atoms with Crippen molar-refractivity contribution in [2.24, 2.45) is 0 Å². The highest BCUT2D eigenvalue weighted by Crippen LogP contribution is 2.25. The number of hydrogen-bond donors (Lipinski definition) is 1. The van der Waals surface area contributed by atoms with Gasteiger partial charge in [0.2, 0.25) is 11.8 Å². The van der Waals surface area contributed by atoms with Crippen LogP contribution in [0.4, 0.5) is 5.82 Å². The zero-order valence-electron chi connectivity index (χ0n) is 16.6. The third-order valence-corrected chi connectivity index (χ3v) is 4.32. The van der Waals surface area contributed by atoms with Crippen LogP contribution in [0.5, 0.6) is 5.75 Å². The molecular formula is C21H23N3O5. The van der Waals surface area contributed by atoms with Crippen molar-refractivity contribution in [3.63, 3.8) is 0 Å². The van der Waals surface area contributed by atoms with Gasteiger partial charge in [-0.05, 0) is 43.3 Å². The smallest absolute Gasteiger partial charge is 0.245 e. The highest BCUT2D eigenvalue weighted by Gasteiger charge is 2.15. The van der Waals surface area contributed by atoms with Crippen LogP contribution in [0, 0.1) is 6.92 Å². The summed E-state index contributed by atoms with van der Waals surface area (Å²) in [5, 5.41) is 6.28. The maximum atomic E-state index is 12.3. The molecule has 1 N–H and O–H groups in total. The molecule has 1 aromatic carbocycles. The van der Waals surface area contributed by atoms with E-state index >= 15 is 0 Å². The van der Waals surface area contributed by atoms with Gasteiger partial charge in [-0.15, -0.1) is 0 Å². The Balaban J connectivity index is 1.48. The molecule has 3 aromatic rings. The molecule has 0 radical (unpaired) electrons. The van der Waals surface area contributed by atoms with E-state index < -0.39 is 0 Å². The van der Waals surface area contributed by atoms with E-state index in [1.54, 1.807) is 27.1 Å². The first kappa shape index (κ1) is 20.2. The summed E-state index contributed by atoms with van der Waals surface area (Å²) in [4.78, 5) is 25.7. The molecule has 2 heterocycles. The van der Waals surface area contributed by atoms with Crippen LogP contribution in [-0.2, 0) is 16.0 Å². The second kappa shape index (κ2) is 9.09. The molecule has 29 heavy (non-hydrogen) atoms. The summed E-state index contributed by atoms with van der Waals surface area (Å²) in [6, 6.07) is 12.9. The Kier molecular flexibility index (Phi) is 6.33. The molecular weight excluding hydrogens is 374 g/mol. The average Bonchev–Trinajstić information content (AvgIpc) is 3.35. The van der Waals surface area contributed by atoms with E-state index in [0.29, 0.717) is 23.8 Å². The summed E-state index contributed by atoms with van der Waals surface area (Å²) in [6.07, 6.45) is 0.686. The van der Waals surface area contributed by atoms with Gasteiger partial charge in [0.25, 0.3) is 0 Å². The molecule has 0 unspecified atom stereocenters. The first-order chi connectivity index (χ1) is 13.9. The SMILES string of the molecule is COc1ccc(-c2ccc(CCC(=O)N(C)CC(=O)Nc3cc(C)on3)o2)cc1. The molecule has 3 rings (SSSR count). The van der Waals surface area contributed by atoms with E-state index in [-0.39, 0.29) is 24.8 Å². The third kappa shape index (κ3) is 5.47. The van der Waals surface area contributed by atoms with Crippen LogP contribution in [0.25, 0.3) is 11.3 Å². The summed E-state index contributed by atoms with van der Waals surface area (Å²) >= 11 is 0. The molecule has 0 aliphatic heterocycles. The molecule has 0 saturated heterocycles. The second-order valence-electron chi connectivity index (χ2n) is 6.62. The fraction of sp³-hybridized carbons (Fsp3) is 0.286. The van der Waals surface area contributed by atoms with Gasteiger partial charge in [-0.1, -0.05) is 5.16 Å². The van der Waals surface area contributed by atoms with Crippen molar-refractivity contribution in [1.82, 2.24) is 10.1 Å². The maximum Gasteiger partial charge on any atom is 0.245 e. The Morgan fingerprint density at radius 2 is 1.93 bits per heavy atom. The second-order valence-corrected chi connectivity index (χ2v) is 6.62. The van der Waals surface area contributed by atoms with Crippen LogP contribution in [-0.4, -0.2) is 42.6 Å². The van der Waals surface area contributed by atoms with Crippen molar-refractivity contribution in [2.75, 3.05) is 26.0 Å². The van der Waals surface area contributed by atoms with Gasteiger partial charge in [0.1, 0.15) is 23.0 Å². The van der Waals surface area contributed by atoms with Crippen LogP contribution in [0.15, 0.2) is 51.4 Å². The Morgan fingerprint density at radius 3 is 2.59 bits per heavy atom. The van der Waals surface area contributed by atoms with E-state index in [1.807, 2.05) is 36.4 Å². The average molecular weight is 397 g/mol. The number of carbonyl (C=O) groups is 2. The molecule has 8 nitrogen and oxygen atoms in total. The number of aryl methyl sites for hydroxylation is 2. The number of ether oxygens (including phenoxy) is 1. The number of likely N-dealkylation sites (N-methyl/N-ethyl adjacent to an activating group) is 1. The normalized spacial score (nSPS) is 10.6. The molecule has 0 bridgehead atoms. The topological polar surface area (TPSA) is 97.8 Å². The van der Waals surface area contributed by atoms with E-state index in [2.05, 4.69) is 10.5 Å². The number of anilines is 1. The van der Waals surface area contributed by atoms with Crippen LogP contribution < -0.4 is 10.1 Å². The van der Waals surface area contributed by atoms with Crippen molar-refractivity contribution in [1.29, 1.82) is 0 Å². The summed E-state index contributed by atoms with van der Waals surface area (Å²) in [7, 11) is 3.20. The quantitative estimate of drug-likeness (QED) is 0.626. The lowest BCUT2D eigenvalue weighted by Crippen LogP contribution is -2.35. The van der Waals surface area contributed by atoms with E-state index in [9.17, 15) is 9.59 Å². The van der Waals surface area contributed by atoms with Gasteiger partial charge in [0, 0.05) is 31.5 Å². The lowest BCUT2D eigenvalue weighted by molar-refractivity contribution is -0.133. The first-order valence-corrected chi connectivity index (χ1v) is 9.15. The fourth-order valence-corrected chi connectivity index (χ4v) is 2.75. The van der Waals surface area contributed by atoms with Gasteiger partial charge in [-0.2, -0.15) is 0 Å². The largest absolute Gasteiger partial charge is 0.497 e. The van der Waals surface area contributed by atoms with Gasteiger partial charge in [0.15, 0.2) is 5.82 Å². The number of carbonyl (C=O) groups excluding carboxylic acids is 2. The number of nitrogens with one attached hydrogen (secondary N) is 1. The monoisotopic (exact) mass is 397 g/mol. The van der Waals surface area contributed by atoms with Gasteiger partial charge in [0.05, 0.1) is 13.7 Å². The Morgan fingerprint density at radius 1 is 1.17 bits per heavy atom. The molecule has 2 amide bonds. The van der Waals surface area contributed by atoms with Crippen molar-refractivity contribution >= 4 is 17.6 Å². The Hall–Kier alpha value is -3.55. The predicted molar refractivity (Wildman–Crippen MR) is 107 cm³/mol. The lowest BCUT2D eigenvalue weighted by Gasteiger charge is -2.15. The summed E-state index contributed by atoms with van der Waals surface area (Å²) in [6.45, 7) is 1.66. The number of furan rings is 1. The minimum Gasteiger partial charge on any atom is -0.497 e. The van der Waals surface area contributed by atoms with Gasteiger partial charge in [-0.3, -0.25) is 9.59 Å². The van der Waals surface area contributed by atoms with Crippen LogP contribution in [0.3, 0.4) is 0 Å². The third-order valence-electron chi connectivity index (χ3n) is 4.32. The van der Waals surface area contributed by atoms with Crippen molar-refractivity contribution in [3.8, 4) is 17.1 Å². The summed E-state index contributed by atoms with van der Waals surface area (Å²) < 4.78 is 15.9. The first-order valence-electron chi connectivity index (χ1n) is 9.15. The molecule has 0 spiro atoms. The highest BCUT2D eigenvalue weighted by atomic mass is 16.5. The molecule has 0 aliphatic rings. The molecule has 0 atom stereocenters. The lowest BCUT2D eigenvalue weighted by atomic mass is 10.2. The summed E-state index contributed by atoms with van der Waals surface area (Å²) in [5.74, 6) is 2.64. The van der Waals surface area contributed by atoms with E-state index in [1.165, 1.54) is 4.90 Å². The Bertz CT molecular complexity index is 974. The number of nitrogens with zero attached hydrogens (tertiary/aromatic N) is 2. The number of aromatic nitrogens is 1. The molecule has 8 heteroatoms. The number of hydrogen-bond acceptors (Lipinski definition) is 6. The standard InChI is InChI=1S/C21H23N3O5/c1-14-12-19(23-29-14)22-20(25)13-24(2)21(26)11-9-17-8-10-18(28-17)15-4-6-16(27-3)7-5-15/h4-8,10,12H,9,11,13H2,1-3H3,(H,22,23,25). The zero-order valence-corrected chi connectivity index (χ0v) is 16.6. The van der Waals surface area contributed by atoms with Crippen LogP contribution in [0.1, 0.15) is 17.9 Å². The minimum absolute atomic E-state index is 0.0695. The van der Waals surface area contributed by atoms with Crippen LogP contribution in [0.2, 0.25) is 0 Å². The Labute approximate surface area is 168 Å². The van der Waals surface area contributed by atoms with Crippen LogP contribution >= 0.6 is 0 Å². The van der Waals surface area contributed by atoms with Crippen molar-refractivity contribution in [3.05, 3.63) is 54.0 Å². The number of methoxy groups -OCH3 is 1. The van der Waals surface area contributed by atoms with Crippen molar-refractivity contribution < 1.29 is 23.3 Å². The molecule has 0 saturated carbocycles. The molecule has 152 valence electrons. The fourth-order valence-electron chi connectivity index (χ4n) is 2.75. The van der Waals surface area contributed by atoms with Gasteiger partial charge >= 0.3 is 0 Å². The van der Waals surface area contributed by atoms with Crippen molar-refractivity contribution in [2.45, 2.75) is 19.8 Å². The zero-order chi connectivity index (χ0) is 20.8. The van der Waals surface area contributed by atoms with Gasteiger partial charge in [-0.25, -0.2) is 0 Å². The number of benzene rings is 1. The predicted octanol–water partition coefficient (Wildman–Crippen LogP) is 3.28. The van der Waals surface area contributed by atoms with Gasteiger partial charge < -0.3 is 23.9 Å². The maximum absolute atomic E-state index is 12.3. The number of amides is 2. The summed E-state index contributed by atoms with van der Waals surface area (Å²) in [5.41, 5.74) is 0.931. The highest BCUT2D eigenvalue weighted by molar-refractivity contribution is 5.93. The molecule has 0 aliphatic carbocycles. The number of rotatable bonds is 8. The molecule has 0 fully saturated rings. The van der Waals surface area contributed by atoms with E-state index in [0.717, 1.165) is 17.1 Å².